The van der Waals surface area contributed by atoms with Crippen molar-refractivity contribution < 1.29 is 4.79 Å². The van der Waals surface area contributed by atoms with Gasteiger partial charge >= 0.3 is 0 Å². The Morgan fingerprint density at radius 3 is 2.67 bits per heavy atom. The Bertz CT molecular complexity index is 756. The zero-order valence-electron chi connectivity index (χ0n) is 13.7. The summed E-state index contributed by atoms with van der Waals surface area (Å²) in [7, 11) is 0. The number of nitrogens with zero attached hydrogens (tertiary/aromatic N) is 6. The number of fused-ring (bicyclic) bond motifs is 1. The van der Waals surface area contributed by atoms with Gasteiger partial charge in [0, 0.05) is 45.3 Å². The van der Waals surface area contributed by atoms with Crippen LogP contribution in [-0.2, 0) is 11.2 Å². The highest BCUT2D eigenvalue weighted by molar-refractivity contribution is 5.73. The molecule has 2 aliphatic rings. The van der Waals surface area contributed by atoms with Crippen molar-refractivity contribution in [2.75, 3.05) is 42.5 Å². The molecule has 1 amide bonds. The number of carbonyl (C=O) groups excluding carboxylic acids is 1. The van der Waals surface area contributed by atoms with E-state index < -0.39 is 0 Å². The van der Waals surface area contributed by atoms with Gasteiger partial charge in [-0.3, -0.25) is 4.79 Å². The highest BCUT2D eigenvalue weighted by Gasteiger charge is 2.24. The first-order valence-electron chi connectivity index (χ1n) is 8.28. The van der Waals surface area contributed by atoms with Crippen LogP contribution in [0, 0.1) is 0 Å². The third-order valence-electron chi connectivity index (χ3n) is 4.71. The molecule has 124 valence electrons. The van der Waals surface area contributed by atoms with Gasteiger partial charge in [0.25, 0.3) is 5.95 Å². The fraction of sp³-hybridized carbons (Fsp3) is 0.412. The highest BCUT2D eigenvalue weighted by atomic mass is 16.2. The van der Waals surface area contributed by atoms with Crippen LogP contribution in [-0.4, -0.2) is 58.7 Å². The zero-order valence-corrected chi connectivity index (χ0v) is 13.7. The van der Waals surface area contributed by atoms with Gasteiger partial charge in [-0.15, -0.1) is 5.10 Å². The van der Waals surface area contributed by atoms with Gasteiger partial charge in [-0.2, -0.15) is 10.1 Å². The summed E-state index contributed by atoms with van der Waals surface area (Å²) in [6, 6.07) is 8.35. The lowest BCUT2D eigenvalue weighted by Crippen LogP contribution is -2.48. The number of hydrogen-bond donors (Lipinski definition) is 0. The molecule has 0 radical (unpaired) electrons. The standard InChI is InChI=1S/C17H20N6O/c1-13(24)21-8-10-22(11-9-21)16-12-18-20-17(19-16)23-7-6-14-4-2-3-5-15(14)23/h2-5,12H,6-11H2,1H3. The number of piperazine rings is 1. The van der Waals surface area contributed by atoms with E-state index in [4.69, 9.17) is 4.98 Å². The first-order valence-corrected chi connectivity index (χ1v) is 8.28. The van der Waals surface area contributed by atoms with Crippen LogP contribution in [0.25, 0.3) is 0 Å². The van der Waals surface area contributed by atoms with Crippen molar-refractivity contribution in [3.63, 3.8) is 0 Å². The number of amides is 1. The Labute approximate surface area is 140 Å². The van der Waals surface area contributed by atoms with Crippen molar-refractivity contribution in [1.82, 2.24) is 20.1 Å². The topological polar surface area (TPSA) is 65.5 Å². The third-order valence-corrected chi connectivity index (χ3v) is 4.71. The zero-order chi connectivity index (χ0) is 16.5. The predicted molar refractivity (Wildman–Crippen MR) is 91.4 cm³/mol. The van der Waals surface area contributed by atoms with Gasteiger partial charge in [-0.1, -0.05) is 18.2 Å². The lowest BCUT2D eigenvalue weighted by molar-refractivity contribution is -0.129. The van der Waals surface area contributed by atoms with E-state index in [-0.39, 0.29) is 5.91 Å². The van der Waals surface area contributed by atoms with Gasteiger partial charge in [0.1, 0.15) is 0 Å². The fourth-order valence-electron chi connectivity index (χ4n) is 3.35. The van der Waals surface area contributed by atoms with Crippen LogP contribution in [0.5, 0.6) is 0 Å². The second-order valence-electron chi connectivity index (χ2n) is 6.14. The average molecular weight is 324 g/mol. The normalized spacial score (nSPS) is 17.1. The molecular formula is C17H20N6O. The van der Waals surface area contributed by atoms with Crippen molar-refractivity contribution in [1.29, 1.82) is 0 Å². The fourth-order valence-corrected chi connectivity index (χ4v) is 3.35. The number of rotatable bonds is 2. The second-order valence-corrected chi connectivity index (χ2v) is 6.14. The van der Waals surface area contributed by atoms with Crippen LogP contribution in [0.3, 0.4) is 0 Å². The average Bonchev–Trinajstić information content (AvgIpc) is 3.06. The molecule has 2 aliphatic heterocycles. The Balaban J connectivity index is 1.54. The summed E-state index contributed by atoms with van der Waals surface area (Å²) in [6.45, 7) is 5.48. The maximum absolute atomic E-state index is 11.4. The molecule has 7 nitrogen and oxygen atoms in total. The number of benzene rings is 1. The minimum absolute atomic E-state index is 0.129. The largest absolute Gasteiger partial charge is 0.352 e. The van der Waals surface area contributed by atoms with E-state index in [0.717, 1.165) is 50.6 Å². The van der Waals surface area contributed by atoms with E-state index in [1.54, 1.807) is 13.1 Å². The molecule has 0 atom stereocenters. The smallest absolute Gasteiger partial charge is 0.251 e. The van der Waals surface area contributed by atoms with Crippen LogP contribution < -0.4 is 9.80 Å². The van der Waals surface area contributed by atoms with E-state index in [1.807, 2.05) is 11.0 Å². The maximum Gasteiger partial charge on any atom is 0.251 e. The summed E-state index contributed by atoms with van der Waals surface area (Å²) in [4.78, 5) is 22.3. The van der Waals surface area contributed by atoms with Crippen molar-refractivity contribution >= 4 is 23.4 Å². The molecule has 0 saturated carbocycles. The molecule has 0 unspecified atom stereocenters. The van der Waals surface area contributed by atoms with E-state index in [1.165, 1.54) is 5.56 Å². The Hall–Kier alpha value is -2.70. The molecule has 0 N–H and O–H groups in total. The molecule has 1 saturated heterocycles. The first-order chi connectivity index (χ1) is 11.7. The first kappa shape index (κ1) is 14.9. The number of para-hydroxylation sites is 1. The molecule has 3 heterocycles. The predicted octanol–water partition coefficient (Wildman–Crippen LogP) is 1.23. The van der Waals surface area contributed by atoms with Gasteiger partial charge in [0.2, 0.25) is 5.91 Å². The molecule has 1 aromatic heterocycles. The van der Waals surface area contributed by atoms with Gasteiger partial charge in [0.15, 0.2) is 5.82 Å². The molecule has 2 aromatic rings. The molecule has 0 bridgehead atoms. The van der Waals surface area contributed by atoms with Crippen molar-refractivity contribution in [2.24, 2.45) is 0 Å². The maximum atomic E-state index is 11.4. The van der Waals surface area contributed by atoms with Gasteiger partial charge < -0.3 is 14.7 Å². The lowest BCUT2D eigenvalue weighted by atomic mass is 10.2. The summed E-state index contributed by atoms with van der Waals surface area (Å²) in [5, 5.41) is 8.39. The number of hydrogen-bond acceptors (Lipinski definition) is 6. The van der Waals surface area contributed by atoms with Gasteiger partial charge in [-0.05, 0) is 18.1 Å². The minimum atomic E-state index is 0.129. The van der Waals surface area contributed by atoms with Crippen molar-refractivity contribution in [3.8, 4) is 0 Å². The summed E-state index contributed by atoms with van der Waals surface area (Å²) in [5.41, 5.74) is 2.49. The van der Waals surface area contributed by atoms with E-state index in [0.29, 0.717) is 5.95 Å². The van der Waals surface area contributed by atoms with Crippen molar-refractivity contribution in [3.05, 3.63) is 36.0 Å². The summed E-state index contributed by atoms with van der Waals surface area (Å²) < 4.78 is 0. The minimum Gasteiger partial charge on any atom is -0.352 e. The van der Waals surface area contributed by atoms with E-state index >= 15 is 0 Å². The molecular weight excluding hydrogens is 304 g/mol. The summed E-state index contributed by atoms with van der Waals surface area (Å²) >= 11 is 0. The molecule has 4 rings (SSSR count). The molecule has 1 fully saturated rings. The van der Waals surface area contributed by atoms with Crippen molar-refractivity contribution in [2.45, 2.75) is 13.3 Å². The molecule has 1 aromatic carbocycles. The number of anilines is 3. The SMILES string of the molecule is CC(=O)N1CCN(c2cnnc(N3CCc4ccccc43)n2)CC1. The molecule has 7 heteroatoms. The Morgan fingerprint density at radius 1 is 1.08 bits per heavy atom. The second kappa shape index (κ2) is 6.07. The highest BCUT2D eigenvalue weighted by Crippen LogP contribution is 2.32. The van der Waals surface area contributed by atoms with Crippen LogP contribution in [0.15, 0.2) is 30.5 Å². The monoisotopic (exact) mass is 324 g/mol. The molecule has 0 aliphatic carbocycles. The summed E-state index contributed by atoms with van der Waals surface area (Å²) in [6.07, 6.45) is 2.70. The number of aromatic nitrogens is 3. The van der Waals surface area contributed by atoms with E-state index in [9.17, 15) is 4.79 Å². The van der Waals surface area contributed by atoms with Crippen LogP contribution in [0.2, 0.25) is 0 Å². The summed E-state index contributed by atoms with van der Waals surface area (Å²) in [5.74, 6) is 1.60. The van der Waals surface area contributed by atoms with Gasteiger partial charge in [0.05, 0.1) is 6.20 Å². The van der Waals surface area contributed by atoms with Crippen LogP contribution in [0.4, 0.5) is 17.5 Å². The Kier molecular flexibility index (Phi) is 3.76. The Morgan fingerprint density at radius 2 is 1.88 bits per heavy atom. The van der Waals surface area contributed by atoms with Crippen LogP contribution in [0.1, 0.15) is 12.5 Å². The lowest BCUT2D eigenvalue weighted by Gasteiger charge is -2.34. The van der Waals surface area contributed by atoms with Gasteiger partial charge in [-0.25, -0.2) is 0 Å². The number of carbonyl (C=O) groups is 1. The van der Waals surface area contributed by atoms with Crippen LogP contribution >= 0.6 is 0 Å². The van der Waals surface area contributed by atoms with E-state index in [2.05, 4.69) is 38.2 Å². The third kappa shape index (κ3) is 2.66. The molecule has 24 heavy (non-hydrogen) atoms. The molecule has 0 spiro atoms. The quantitative estimate of drug-likeness (QED) is 0.828.